The summed E-state index contributed by atoms with van der Waals surface area (Å²) in [5, 5.41) is 0. The van der Waals surface area contributed by atoms with Crippen molar-refractivity contribution in [3.8, 4) is 0 Å². The zero-order chi connectivity index (χ0) is 14.0. The van der Waals surface area contributed by atoms with E-state index in [0.29, 0.717) is 26.1 Å². The minimum atomic E-state index is -0.714. The van der Waals surface area contributed by atoms with Crippen LogP contribution >= 0.6 is 0 Å². The van der Waals surface area contributed by atoms with E-state index < -0.39 is 11.9 Å². The highest BCUT2D eigenvalue weighted by molar-refractivity contribution is 5.97. The van der Waals surface area contributed by atoms with Gasteiger partial charge in [0.2, 0.25) is 0 Å². The lowest BCUT2D eigenvalue weighted by Gasteiger charge is -2.19. The van der Waals surface area contributed by atoms with Gasteiger partial charge in [-0.2, -0.15) is 0 Å². The van der Waals surface area contributed by atoms with Crippen molar-refractivity contribution >= 4 is 11.8 Å². The fourth-order valence-corrected chi connectivity index (χ4v) is 1.62. The molecule has 18 heavy (non-hydrogen) atoms. The van der Waals surface area contributed by atoms with Crippen molar-refractivity contribution in [3.05, 3.63) is 0 Å². The van der Waals surface area contributed by atoms with Crippen LogP contribution in [-0.2, 0) is 23.8 Å². The molecule has 0 aromatic carbocycles. The maximum Gasteiger partial charge on any atom is 0.316 e. The molecule has 1 atom stereocenters. The Hall–Kier alpha value is -0.940. The van der Waals surface area contributed by atoms with Crippen LogP contribution in [0.25, 0.3) is 0 Å². The fraction of sp³-hybridized carbons (Fsp3) is 0.846. The number of esters is 1. The summed E-state index contributed by atoms with van der Waals surface area (Å²) >= 11 is 0. The lowest BCUT2D eigenvalue weighted by molar-refractivity contribution is -0.156. The van der Waals surface area contributed by atoms with E-state index >= 15 is 0 Å². The number of hydrogen-bond acceptors (Lipinski definition) is 5. The second-order valence-electron chi connectivity index (χ2n) is 3.83. The van der Waals surface area contributed by atoms with E-state index in [1.807, 2.05) is 13.8 Å². The van der Waals surface area contributed by atoms with Crippen molar-refractivity contribution in [2.24, 2.45) is 5.92 Å². The van der Waals surface area contributed by atoms with E-state index in [0.717, 1.165) is 0 Å². The first-order valence-corrected chi connectivity index (χ1v) is 6.46. The van der Waals surface area contributed by atoms with Gasteiger partial charge in [-0.05, 0) is 40.5 Å². The van der Waals surface area contributed by atoms with Crippen LogP contribution in [0, 0.1) is 5.92 Å². The summed E-state index contributed by atoms with van der Waals surface area (Å²) in [6, 6.07) is 0. The first-order valence-electron chi connectivity index (χ1n) is 6.46. The molecule has 106 valence electrons. The van der Waals surface area contributed by atoms with E-state index in [-0.39, 0.29) is 18.7 Å². The van der Waals surface area contributed by atoms with Crippen LogP contribution in [0.1, 0.15) is 40.5 Å². The molecule has 0 rings (SSSR count). The van der Waals surface area contributed by atoms with Crippen LogP contribution in [-0.4, -0.2) is 37.9 Å². The summed E-state index contributed by atoms with van der Waals surface area (Å²) < 4.78 is 15.6. The fourth-order valence-electron chi connectivity index (χ4n) is 1.62. The van der Waals surface area contributed by atoms with Crippen molar-refractivity contribution in [1.82, 2.24) is 0 Å². The van der Waals surface area contributed by atoms with Crippen molar-refractivity contribution in [3.63, 3.8) is 0 Å². The summed E-state index contributed by atoms with van der Waals surface area (Å²) in [6.07, 6.45) is 0.528. The standard InChI is InChI=1S/C13H24O5/c1-5-16-12(17-6-2)9-8-11(10(4)14)13(15)18-7-3/h11-12H,5-9H2,1-4H3. The van der Waals surface area contributed by atoms with Crippen molar-refractivity contribution in [1.29, 1.82) is 0 Å². The molecule has 0 amide bonds. The minimum Gasteiger partial charge on any atom is -0.465 e. The van der Waals surface area contributed by atoms with Gasteiger partial charge in [-0.25, -0.2) is 0 Å². The highest BCUT2D eigenvalue weighted by Gasteiger charge is 2.25. The van der Waals surface area contributed by atoms with Gasteiger partial charge < -0.3 is 14.2 Å². The maximum absolute atomic E-state index is 11.6. The molecule has 0 aliphatic rings. The van der Waals surface area contributed by atoms with Gasteiger partial charge in [0.25, 0.3) is 0 Å². The molecule has 0 radical (unpaired) electrons. The van der Waals surface area contributed by atoms with Gasteiger partial charge in [0.15, 0.2) is 6.29 Å². The predicted molar refractivity (Wildman–Crippen MR) is 67.1 cm³/mol. The third-order valence-electron chi connectivity index (χ3n) is 2.46. The molecule has 0 saturated heterocycles. The number of ketones is 1. The first kappa shape index (κ1) is 17.1. The van der Waals surface area contributed by atoms with E-state index in [1.165, 1.54) is 6.92 Å². The van der Waals surface area contributed by atoms with Crippen molar-refractivity contribution < 1.29 is 23.8 Å². The highest BCUT2D eigenvalue weighted by atomic mass is 16.7. The normalized spacial score (nSPS) is 12.5. The Bertz CT molecular complexity index is 246. The smallest absolute Gasteiger partial charge is 0.316 e. The molecular formula is C13H24O5. The third-order valence-corrected chi connectivity index (χ3v) is 2.46. The Balaban J connectivity index is 4.31. The van der Waals surface area contributed by atoms with E-state index in [4.69, 9.17) is 14.2 Å². The molecule has 0 aromatic rings. The van der Waals surface area contributed by atoms with Crippen molar-refractivity contribution in [2.45, 2.75) is 46.8 Å². The van der Waals surface area contributed by atoms with Crippen LogP contribution in [0.3, 0.4) is 0 Å². The summed E-state index contributed by atoms with van der Waals surface area (Å²) in [6.45, 7) is 8.22. The average Bonchev–Trinajstić information content (AvgIpc) is 2.29. The van der Waals surface area contributed by atoms with E-state index in [1.54, 1.807) is 6.92 Å². The van der Waals surface area contributed by atoms with Gasteiger partial charge in [0, 0.05) is 13.2 Å². The summed E-state index contributed by atoms with van der Waals surface area (Å²) in [7, 11) is 0. The van der Waals surface area contributed by atoms with E-state index in [9.17, 15) is 9.59 Å². The Morgan fingerprint density at radius 1 is 0.944 bits per heavy atom. The van der Waals surface area contributed by atoms with Crippen LogP contribution in [0.2, 0.25) is 0 Å². The second kappa shape index (κ2) is 10.0. The van der Waals surface area contributed by atoms with Gasteiger partial charge >= 0.3 is 5.97 Å². The quantitative estimate of drug-likeness (QED) is 0.341. The minimum absolute atomic E-state index is 0.180. The monoisotopic (exact) mass is 260 g/mol. The molecule has 0 heterocycles. The second-order valence-corrected chi connectivity index (χ2v) is 3.83. The molecule has 0 aliphatic heterocycles. The molecule has 5 heteroatoms. The number of rotatable bonds is 10. The summed E-state index contributed by atoms with van der Waals surface area (Å²) in [5.74, 6) is -1.36. The number of ether oxygens (including phenoxy) is 3. The Morgan fingerprint density at radius 2 is 1.50 bits per heavy atom. The van der Waals surface area contributed by atoms with Gasteiger partial charge in [-0.1, -0.05) is 0 Å². The molecule has 0 aromatic heterocycles. The number of carbonyl (C=O) groups is 2. The molecule has 0 aliphatic carbocycles. The summed E-state index contributed by atoms with van der Waals surface area (Å²) in [4.78, 5) is 23.0. The van der Waals surface area contributed by atoms with Gasteiger partial charge in [0.05, 0.1) is 6.61 Å². The van der Waals surface area contributed by atoms with Gasteiger partial charge in [-0.15, -0.1) is 0 Å². The topological polar surface area (TPSA) is 61.8 Å². The van der Waals surface area contributed by atoms with Crippen LogP contribution in [0.15, 0.2) is 0 Å². The Labute approximate surface area is 109 Å². The molecule has 0 bridgehead atoms. The molecule has 0 N–H and O–H groups in total. The lowest BCUT2D eigenvalue weighted by Crippen LogP contribution is -2.27. The molecular weight excluding hydrogens is 236 g/mol. The number of carbonyl (C=O) groups excluding carboxylic acids is 2. The zero-order valence-electron chi connectivity index (χ0n) is 11.7. The predicted octanol–water partition coefficient (Wildman–Crippen LogP) is 1.93. The maximum atomic E-state index is 11.6. The largest absolute Gasteiger partial charge is 0.465 e. The van der Waals surface area contributed by atoms with Gasteiger partial charge in [-0.3, -0.25) is 9.59 Å². The van der Waals surface area contributed by atoms with Crippen LogP contribution in [0.4, 0.5) is 0 Å². The number of hydrogen-bond donors (Lipinski definition) is 0. The average molecular weight is 260 g/mol. The van der Waals surface area contributed by atoms with E-state index in [2.05, 4.69) is 0 Å². The molecule has 0 saturated carbocycles. The van der Waals surface area contributed by atoms with Crippen molar-refractivity contribution in [2.75, 3.05) is 19.8 Å². The third kappa shape index (κ3) is 6.71. The molecule has 1 unspecified atom stereocenters. The highest BCUT2D eigenvalue weighted by Crippen LogP contribution is 2.14. The lowest BCUT2D eigenvalue weighted by atomic mass is 9.99. The number of Topliss-reactive ketones (excluding diaryl/α,β-unsaturated/α-hetero) is 1. The Kier molecular flexibility index (Phi) is 9.50. The van der Waals surface area contributed by atoms with Crippen LogP contribution < -0.4 is 0 Å². The zero-order valence-corrected chi connectivity index (χ0v) is 11.7. The first-order chi connectivity index (χ1) is 8.56. The van der Waals surface area contributed by atoms with Gasteiger partial charge in [0.1, 0.15) is 11.7 Å². The SMILES string of the molecule is CCOC(=O)C(CCC(OCC)OCC)C(C)=O. The Morgan fingerprint density at radius 3 is 1.89 bits per heavy atom. The van der Waals surface area contributed by atoms with Crippen LogP contribution in [0.5, 0.6) is 0 Å². The molecule has 5 nitrogen and oxygen atoms in total. The molecule has 0 fully saturated rings. The summed E-state index contributed by atoms with van der Waals surface area (Å²) in [5.41, 5.74) is 0. The molecule has 0 spiro atoms.